The first kappa shape index (κ1) is 12.9. The molecule has 0 aliphatic rings. The number of nitrogens with one attached hydrogen (secondary N) is 1. The lowest BCUT2D eigenvalue weighted by Crippen LogP contribution is -2.29. The van der Waals surface area contributed by atoms with Gasteiger partial charge in [0.2, 0.25) is 11.8 Å². The highest BCUT2D eigenvalue weighted by Gasteiger charge is 2.39. The van der Waals surface area contributed by atoms with Crippen LogP contribution >= 0.6 is 0 Å². The van der Waals surface area contributed by atoms with Gasteiger partial charge in [-0.2, -0.15) is 13.2 Å². The number of oxazole rings is 1. The molecule has 1 aromatic heterocycles. The van der Waals surface area contributed by atoms with Gasteiger partial charge in [-0.1, -0.05) is 0 Å². The van der Waals surface area contributed by atoms with Crippen molar-refractivity contribution in [2.75, 3.05) is 5.32 Å². The van der Waals surface area contributed by atoms with Crippen LogP contribution in [0.2, 0.25) is 0 Å². The number of amides is 1. The van der Waals surface area contributed by atoms with Gasteiger partial charge >= 0.3 is 12.1 Å². The molecule has 2 N–H and O–H groups in total. The molecular formula is C11H7F3N2O3. The van der Waals surface area contributed by atoms with Crippen molar-refractivity contribution in [3.63, 3.8) is 0 Å². The number of carbonyl (C=O) groups excluding carboxylic acids is 1. The number of halogens is 3. The molecule has 5 nitrogen and oxygen atoms in total. The van der Waals surface area contributed by atoms with Gasteiger partial charge in [0.1, 0.15) is 5.75 Å². The van der Waals surface area contributed by atoms with Crippen LogP contribution in [0.5, 0.6) is 5.75 Å². The van der Waals surface area contributed by atoms with Crippen molar-refractivity contribution < 1.29 is 27.5 Å². The second kappa shape index (κ2) is 4.63. The van der Waals surface area contributed by atoms with E-state index in [1.54, 1.807) is 5.32 Å². The number of alkyl halides is 3. The molecule has 0 fully saturated rings. The smallest absolute Gasteiger partial charge is 0.471 e. The number of rotatable bonds is 2. The van der Waals surface area contributed by atoms with Crippen molar-refractivity contribution in [2.45, 2.75) is 6.18 Å². The van der Waals surface area contributed by atoms with Crippen LogP contribution in [0, 0.1) is 0 Å². The van der Waals surface area contributed by atoms with Gasteiger partial charge in [-0.25, -0.2) is 4.98 Å². The van der Waals surface area contributed by atoms with E-state index in [-0.39, 0.29) is 11.6 Å². The molecular weight excluding hydrogens is 265 g/mol. The fraction of sp³-hybridized carbons (Fsp3) is 0.0909. The van der Waals surface area contributed by atoms with E-state index in [0.29, 0.717) is 5.56 Å². The molecule has 0 radical (unpaired) electrons. The van der Waals surface area contributed by atoms with Crippen LogP contribution in [0.4, 0.5) is 19.1 Å². The molecule has 0 spiro atoms. The predicted octanol–water partition coefficient (Wildman–Crippen LogP) is 2.55. The zero-order chi connectivity index (χ0) is 14.0. The number of hydrogen-bond acceptors (Lipinski definition) is 4. The van der Waals surface area contributed by atoms with Crippen LogP contribution in [0.25, 0.3) is 11.5 Å². The fourth-order valence-electron chi connectivity index (χ4n) is 1.25. The molecule has 0 aliphatic heterocycles. The van der Waals surface area contributed by atoms with E-state index in [1.807, 2.05) is 0 Å². The van der Waals surface area contributed by atoms with Crippen LogP contribution in [-0.2, 0) is 4.79 Å². The van der Waals surface area contributed by atoms with Crippen molar-refractivity contribution in [3.8, 4) is 17.2 Å². The van der Waals surface area contributed by atoms with E-state index in [4.69, 9.17) is 9.52 Å². The third kappa shape index (κ3) is 3.03. The third-order valence-electron chi connectivity index (χ3n) is 2.11. The van der Waals surface area contributed by atoms with E-state index < -0.39 is 18.0 Å². The van der Waals surface area contributed by atoms with Crippen molar-refractivity contribution in [1.82, 2.24) is 4.98 Å². The standard InChI is InChI=1S/C11H7F3N2O3/c12-11(13,14)10(18)16-8-5-15-9(19-8)6-1-3-7(17)4-2-6/h1-5,17H,(H,16,18). The third-order valence-corrected chi connectivity index (χ3v) is 2.11. The quantitative estimate of drug-likeness (QED) is 0.880. The minimum atomic E-state index is -4.99. The maximum absolute atomic E-state index is 12.0. The molecule has 0 aliphatic carbocycles. The zero-order valence-corrected chi connectivity index (χ0v) is 9.23. The Bertz CT molecular complexity index is 590. The number of aromatic hydroxyl groups is 1. The van der Waals surface area contributed by atoms with Gasteiger partial charge in [0.15, 0.2) is 0 Å². The summed E-state index contributed by atoms with van der Waals surface area (Å²) >= 11 is 0. The number of nitrogens with zero attached hydrogens (tertiary/aromatic N) is 1. The molecule has 0 unspecified atom stereocenters. The molecule has 0 atom stereocenters. The van der Waals surface area contributed by atoms with E-state index in [9.17, 15) is 18.0 Å². The molecule has 100 valence electrons. The maximum Gasteiger partial charge on any atom is 0.471 e. The molecule has 2 rings (SSSR count). The summed E-state index contributed by atoms with van der Waals surface area (Å²) < 4.78 is 41.0. The summed E-state index contributed by atoms with van der Waals surface area (Å²) in [6.07, 6.45) is -4.03. The molecule has 1 heterocycles. The lowest BCUT2D eigenvalue weighted by atomic mass is 10.2. The molecule has 19 heavy (non-hydrogen) atoms. The first-order valence-electron chi connectivity index (χ1n) is 4.99. The summed E-state index contributed by atoms with van der Waals surface area (Å²) in [6.45, 7) is 0. The number of carbonyl (C=O) groups is 1. The molecule has 8 heteroatoms. The number of aromatic nitrogens is 1. The Kier molecular flexibility index (Phi) is 3.16. The average Bonchev–Trinajstić information content (AvgIpc) is 2.77. The Morgan fingerprint density at radius 2 is 1.89 bits per heavy atom. The summed E-state index contributed by atoms with van der Waals surface area (Å²) in [6, 6.07) is 5.67. The van der Waals surface area contributed by atoms with Gasteiger partial charge in [0.05, 0.1) is 6.20 Å². The minimum Gasteiger partial charge on any atom is -0.508 e. The topological polar surface area (TPSA) is 75.4 Å². The minimum absolute atomic E-state index is 0.0254. The number of hydrogen-bond donors (Lipinski definition) is 2. The Hall–Kier alpha value is -2.51. The monoisotopic (exact) mass is 272 g/mol. The maximum atomic E-state index is 12.0. The van der Waals surface area contributed by atoms with Gasteiger partial charge in [-0.3, -0.25) is 10.1 Å². The van der Waals surface area contributed by atoms with Gasteiger partial charge < -0.3 is 9.52 Å². The normalized spacial score (nSPS) is 11.3. The van der Waals surface area contributed by atoms with Crippen LogP contribution in [0.15, 0.2) is 34.9 Å². The average molecular weight is 272 g/mol. The van der Waals surface area contributed by atoms with Crippen molar-refractivity contribution >= 4 is 11.8 Å². The lowest BCUT2D eigenvalue weighted by molar-refractivity contribution is -0.167. The predicted molar refractivity (Wildman–Crippen MR) is 58.3 cm³/mol. The summed E-state index contributed by atoms with van der Waals surface area (Å²) in [7, 11) is 0. The van der Waals surface area contributed by atoms with Gasteiger partial charge in [-0.05, 0) is 24.3 Å². The van der Waals surface area contributed by atoms with E-state index in [1.165, 1.54) is 24.3 Å². The van der Waals surface area contributed by atoms with E-state index in [2.05, 4.69) is 4.98 Å². The number of phenolic OH excluding ortho intramolecular Hbond substituents is 1. The second-order valence-electron chi connectivity index (χ2n) is 3.53. The van der Waals surface area contributed by atoms with Gasteiger partial charge in [0.25, 0.3) is 0 Å². The first-order chi connectivity index (χ1) is 8.86. The summed E-state index contributed by atoms with van der Waals surface area (Å²) in [5, 5.41) is 10.6. The number of anilines is 1. The highest BCUT2D eigenvalue weighted by molar-refractivity contribution is 5.93. The summed E-state index contributed by atoms with van der Waals surface area (Å²) in [5.41, 5.74) is 0.449. The summed E-state index contributed by atoms with van der Waals surface area (Å²) in [5.74, 6) is -2.50. The largest absolute Gasteiger partial charge is 0.508 e. The van der Waals surface area contributed by atoms with E-state index >= 15 is 0 Å². The Morgan fingerprint density at radius 3 is 2.47 bits per heavy atom. The van der Waals surface area contributed by atoms with Crippen molar-refractivity contribution in [2.24, 2.45) is 0 Å². The van der Waals surface area contributed by atoms with E-state index in [0.717, 1.165) is 6.20 Å². The zero-order valence-electron chi connectivity index (χ0n) is 9.23. The molecule has 1 amide bonds. The molecule has 0 bridgehead atoms. The Morgan fingerprint density at radius 1 is 1.26 bits per heavy atom. The highest BCUT2D eigenvalue weighted by atomic mass is 19.4. The van der Waals surface area contributed by atoms with Crippen LogP contribution in [-0.4, -0.2) is 22.2 Å². The Labute approximate surface area is 104 Å². The van der Waals surface area contributed by atoms with Crippen LogP contribution in [0.1, 0.15) is 0 Å². The first-order valence-corrected chi connectivity index (χ1v) is 4.99. The fourth-order valence-corrected chi connectivity index (χ4v) is 1.25. The van der Waals surface area contributed by atoms with Crippen molar-refractivity contribution in [1.29, 1.82) is 0 Å². The molecule has 1 aromatic carbocycles. The number of benzene rings is 1. The summed E-state index contributed by atoms with van der Waals surface area (Å²) in [4.78, 5) is 14.4. The number of phenols is 1. The second-order valence-corrected chi connectivity index (χ2v) is 3.53. The molecule has 2 aromatic rings. The Balaban J connectivity index is 2.16. The molecule has 0 saturated carbocycles. The SMILES string of the molecule is O=C(Nc1cnc(-c2ccc(O)cc2)o1)C(F)(F)F. The van der Waals surface area contributed by atoms with Crippen LogP contribution < -0.4 is 5.32 Å². The van der Waals surface area contributed by atoms with Gasteiger partial charge in [0, 0.05) is 5.56 Å². The highest BCUT2D eigenvalue weighted by Crippen LogP contribution is 2.24. The van der Waals surface area contributed by atoms with Gasteiger partial charge in [-0.15, -0.1) is 0 Å². The molecule has 0 saturated heterocycles. The van der Waals surface area contributed by atoms with Crippen LogP contribution in [0.3, 0.4) is 0 Å². The van der Waals surface area contributed by atoms with Crippen molar-refractivity contribution in [3.05, 3.63) is 30.5 Å². The lowest BCUT2D eigenvalue weighted by Gasteiger charge is -2.04.